The lowest BCUT2D eigenvalue weighted by atomic mass is 10.1. The molecule has 0 aliphatic heterocycles. The maximum absolute atomic E-state index is 6.12. The van der Waals surface area contributed by atoms with E-state index >= 15 is 0 Å². The van der Waals surface area contributed by atoms with Gasteiger partial charge >= 0.3 is 0 Å². The second-order valence-electron chi connectivity index (χ2n) is 3.75. The smallest absolute Gasteiger partial charge is 0.0972 e. The number of thiazole rings is 1. The highest BCUT2D eigenvalue weighted by atomic mass is 35.5. The molecular formula is C13H14ClNS. The van der Waals surface area contributed by atoms with Gasteiger partial charge < -0.3 is 0 Å². The van der Waals surface area contributed by atoms with E-state index in [0.29, 0.717) is 0 Å². The number of rotatable bonds is 4. The lowest BCUT2D eigenvalue weighted by molar-refractivity contribution is 0.883. The summed E-state index contributed by atoms with van der Waals surface area (Å²) in [7, 11) is 0. The van der Waals surface area contributed by atoms with E-state index in [1.54, 1.807) is 11.3 Å². The van der Waals surface area contributed by atoms with E-state index < -0.39 is 0 Å². The fourth-order valence-electron chi connectivity index (χ4n) is 1.61. The minimum atomic E-state index is 0.828. The van der Waals surface area contributed by atoms with Gasteiger partial charge in [-0.1, -0.05) is 43.1 Å². The van der Waals surface area contributed by atoms with Crippen molar-refractivity contribution in [2.24, 2.45) is 0 Å². The molecule has 0 saturated heterocycles. The molecule has 1 aromatic heterocycles. The molecule has 0 unspecified atom stereocenters. The summed E-state index contributed by atoms with van der Waals surface area (Å²) in [6, 6.07) is 7.96. The summed E-state index contributed by atoms with van der Waals surface area (Å²) in [6.45, 7) is 2.17. The molecule has 16 heavy (non-hydrogen) atoms. The van der Waals surface area contributed by atoms with Gasteiger partial charge in [-0.15, -0.1) is 11.3 Å². The Kier molecular flexibility index (Phi) is 3.97. The molecule has 84 valence electrons. The van der Waals surface area contributed by atoms with Crippen LogP contribution in [0.25, 0.3) is 0 Å². The average Bonchev–Trinajstić information content (AvgIpc) is 2.70. The zero-order chi connectivity index (χ0) is 11.4. The Labute approximate surface area is 105 Å². The number of halogens is 1. The minimum absolute atomic E-state index is 0.828. The molecule has 1 aromatic carbocycles. The van der Waals surface area contributed by atoms with E-state index in [0.717, 1.165) is 34.9 Å². The monoisotopic (exact) mass is 251 g/mol. The van der Waals surface area contributed by atoms with Crippen LogP contribution in [0.5, 0.6) is 0 Å². The van der Waals surface area contributed by atoms with Gasteiger partial charge in [0.25, 0.3) is 0 Å². The number of hydrogen-bond acceptors (Lipinski definition) is 2. The highest BCUT2D eigenvalue weighted by Crippen LogP contribution is 2.21. The van der Waals surface area contributed by atoms with Crippen molar-refractivity contribution < 1.29 is 0 Å². The van der Waals surface area contributed by atoms with Crippen molar-refractivity contribution in [3.05, 3.63) is 50.9 Å². The first-order valence-corrected chi connectivity index (χ1v) is 6.72. The van der Waals surface area contributed by atoms with Crippen molar-refractivity contribution in [3.8, 4) is 0 Å². The average molecular weight is 252 g/mol. The topological polar surface area (TPSA) is 12.9 Å². The van der Waals surface area contributed by atoms with E-state index in [9.17, 15) is 0 Å². The summed E-state index contributed by atoms with van der Waals surface area (Å²) < 4.78 is 0. The third-order valence-electron chi connectivity index (χ3n) is 2.40. The van der Waals surface area contributed by atoms with E-state index in [1.807, 2.05) is 18.2 Å². The van der Waals surface area contributed by atoms with Gasteiger partial charge in [-0.05, 0) is 18.1 Å². The zero-order valence-electron chi connectivity index (χ0n) is 9.24. The maximum atomic E-state index is 6.12. The standard InChI is InChI=1S/C13H14ClNS/c1-2-5-11-9-16-13(15-11)8-10-6-3-4-7-12(10)14/h3-4,6-7,9H,2,5,8H2,1H3. The van der Waals surface area contributed by atoms with Crippen LogP contribution in [0.1, 0.15) is 29.6 Å². The van der Waals surface area contributed by atoms with E-state index in [4.69, 9.17) is 11.6 Å². The number of hydrogen-bond donors (Lipinski definition) is 0. The first-order chi connectivity index (χ1) is 7.79. The Morgan fingerprint density at radius 2 is 2.12 bits per heavy atom. The van der Waals surface area contributed by atoms with Crippen LogP contribution in [-0.2, 0) is 12.8 Å². The maximum Gasteiger partial charge on any atom is 0.0972 e. The van der Waals surface area contributed by atoms with Crippen LogP contribution in [0.2, 0.25) is 5.02 Å². The molecule has 2 rings (SSSR count). The van der Waals surface area contributed by atoms with Crippen molar-refractivity contribution in [3.63, 3.8) is 0 Å². The molecule has 0 aliphatic carbocycles. The van der Waals surface area contributed by atoms with Crippen LogP contribution in [0.3, 0.4) is 0 Å². The molecule has 0 fully saturated rings. The SMILES string of the molecule is CCCc1csc(Cc2ccccc2Cl)n1. The fraction of sp³-hybridized carbons (Fsp3) is 0.308. The van der Waals surface area contributed by atoms with Crippen LogP contribution in [-0.4, -0.2) is 4.98 Å². The van der Waals surface area contributed by atoms with E-state index in [2.05, 4.69) is 23.4 Å². The molecule has 0 saturated carbocycles. The Balaban J connectivity index is 2.11. The minimum Gasteiger partial charge on any atom is -0.246 e. The number of nitrogens with zero attached hydrogens (tertiary/aromatic N) is 1. The van der Waals surface area contributed by atoms with Gasteiger partial charge in [-0.3, -0.25) is 0 Å². The molecule has 0 spiro atoms. The molecule has 3 heteroatoms. The molecule has 1 heterocycles. The van der Waals surface area contributed by atoms with E-state index in [1.165, 1.54) is 5.69 Å². The third kappa shape index (κ3) is 2.83. The molecular weight excluding hydrogens is 238 g/mol. The number of aromatic nitrogens is 1. The molecule has 1 nitrogen and oxygen atoms in total. The molecule has 2 aromatic rings. The number of benzene rings is 1. The molecule has 0 amide bonds. The van der Waals surface area contributed by atoms with Crippen molar-refractivity contribution in [1.82, 2.24) is 4.98 Å². The predicted octanol–water partition coefficient (Wildman–Crippen LogP) is 4.34. The summed E-state index contributed by atoms with van der Waals surface area (Å²) in [6.07, 6.45) is 3.06. The summed E-state index contributed by atoms with van der Waals surface area (Å²) in [5.74, 6) is 0. The van der Waals surface area contributed by atoms with Gasteiger partial charge in [0.05, 0.1) is 10.7 Å². The van der Waals surface area contributed by atoms with Crippen molar-refractivity contribution in [2.45, 2.75) is 26.2 Å². The normalized spacial score (nSPS) is 10.6. The summed E-state index contributed by atoms with van der Waals surface area (Å²) in [5.41, 5.74) is 2.36. The van der Waals surface area contributed by atoms with Crippen LogP contribution >= 0.6 is 22.9 Å². The Morgan fingerprint density at radius 3 is 2.88 bits per heavy atom. The fourth-order valence-corrected chi connectivity index (χ4v) is 2.66. The van der Waals surface area contributed by atoms with E-state index in [-0.39, 0.29) is 0 Å². The highest BCUT2D eigenvalue weighted by Gasteiger charge is 2.05. The first-order valence-electron chi connectivity index (χ1n) is 5.46. The van der Waals surface area contributed by atoms with Gasteiger partial charge in [-0.2, -0.15) is 0 Å². The highest BCUT2D eigenvalue weighted by molar-refractivity contribution is 7.09. The molecule has 0 aliphatic rings. The summed E-state index contributed by atoms with van der Waals surface area (Å²) in [4.78, 5) is 4.60. The molecule has 0 radical (unpaired) electrons. The summed E-state index contributed by atoms with van der Waals surface area (Å²) in [5, 5.41) is 4.13. The Bertz CT molecular complexity index is 464. The largest absolute Gasteiger partial charge is 0.246 e. The second-order valence-corrected chi connectivity index (χ2v) is 5.10. The van der Waals surface area contributed by atoms with Crippen LogP contribution < -0.4 is 0 Å². The third-order valence-corrected chi connectivity index (χ3v) is 3.67. The Morgan fingerprint density at radius 1 is 1.31 bits per heavy atom. The first kappa shape index (κ1) is 11.6. The van der Waals surface area contributed by atoms with Gasteiger partial charge in [0.2, 0.25) is 0 Å². The lowest BCUT2D eigenvalue weighted by Crippen LogP contribution is -1.90. The van der Waals surface area contributed by atoms with Gasteiger partial charge in [0.1, 0.15) is 0 Å². The van der Waals surface area contributed by atoms with Gasteiger partial charge in [-0.25, -0.2) is 4.98 Å². The number of aryl methyl sites for hydroxylation is 1. The van der Waals surface area contributed by atoms with Gasteiger partial charge in [0.15, 0.2) is 0 Å². The Hall–Kier alpha value is -0.860. The molecule has 0 atom stereocenters. The van der Waals surface area contributed by atoms with Crippen LogP contribution in [0, 0.1) is 0 Å². The molecule has 0 bridgehead atoms. The quantitative estimate of drug-likeness (QED) is 0.788. The lowest BCUT2D eigenvalue weighted by Gasteiger charge is -2.00. The van der Waals surface area contributed by atoms with Crippen LogP contribution in [0.15, 0.2) is 29.6 Å². The predicted molar refractivity (Wildman–Crippen MR) is 70.4 cm³/mol. The molecule has 0 N–H and O–H groups in total. The zero-order valence-corrected chi connectivity index (χ0v) is 10.8. The second kappa shape index (κ2) is 5.46. The van der Waals surface area contributed by atoms with Crippen molar-refractivity contribution in [1.29, 1.82) is 0 Å². The van der Waals surface area contributed by atoms with Crippen molar-refractivity contribution >= 4 is 22.9 Å². The van der Waals surface area contributed by atoms with Gasteiger partial charge in [0, 0.05) is 16.8 Å². The van der Waals surface area contributed by atoms with Crippen molar-refractivity contribution in [2.75, 3.05) is 0 Å². The summed E-state index contributed by atoms with van der Waals surface area (Å²) >= 11 is 7.84. The van der Waals surface area contributed by atoms with Crippen LogP contribution in [0.4, 0.5) is 0 Å².